The smallest absolute Gasteiger partial charge is 0.314 e. The van der Waals surface area contributed by atoms with Gasteiger partial charge < -0.3 is 14.3 Å². The number of carbonyl (C=O) groups is 1. The zero-order valence-electron chi connectivity index (χ0n) is 15.4. The zero-order valence-corrected chi connectivity index (χ0v) is 16.1. The topological polar surface area (TPSA) is 101 Å². The first kappa shape index (κ1) is 20.0. The van der Waals surface area contributed by atoms with Gasteiger partial charge in [0.1, 0.15) is 6.10 Å². The van der Waals surface area contributed by atoms with Crippen LogP contribution in [0.4, 0.5) is 0 Å². The highest BCUT2D eigenvalue weighted by Crippen LogP contribution is 2.41. The van der Waals surface area contributed by atoms with E-state index in [1.807, 2.05) is 12.1 Å². The second-order valence-corrected chi connectivity index (χ2v) is 6.95. The maximum absolute atomic E-state index is 12.4. The van der Waals surface area contributed by atoms with E-state index >= 15 is 0 Å². The molecule has 3 rings (SSSR count). The molecule has 148 valence electrons. The number of hydrogen-bond acceptors (Lipinski definition) is 7. The number of benzene rings is 1. The Morgan fingerprint density at radius 2 is 2.14 bits per heavy atom. The van der Waals surface area contributed by atoms with Crippen LogP contribution in [0.1, 0.15) is 41.8 Å². The van der Waals surface area contributed by atoms with Crippen LogP contribution in [0, 0.1) is 23.0 Å². The summed E-state index contributed by atoms with van der Waals surface area (Å²) >= 11 is 5.95. The molecule has 0 saturated carbocycles. The van der Waals surface area contributed by atoms with Gasteiger partial charge in [-0.1, -0.05) is 30.7 Å². The molecule has 0 fully saturated rings. The van der Waals surface area contributed by atoms with E-state index in [1.165, 1.54) is 0 Å². The fourth-order valence-corrected chi connectivity index (χ4v) is 3.08. The summed E-state index contributed by atoms with van der Waals surface area (Å²) in [6.45, 7) is 3.49. The molecular weight excluding hydrogens is 388 g/mol. The van der Waals surface area contributed by atoms with Crippen molar-refractivity contribution in [2.75, 3.05) is 6.61 Å². The van der Waals surface area contributed by atoms with Gasteiger partial charge in [-0.05, 0) is 31.0 Å². The van der Waals surface area contributed by atoms with Crippen molar-refractivity contribution in [3.05, 3.63) is 68.0 Å². The van der Waals surface area contributed by atoms with Gasteiger partial charge in [-0.25, -0.2) is 0 Å². The molecule has 0 saturated heterocycles. The molecule has 2 atom stereocenters. The maximum Gasteiger partial charge on any atom is 0.314 e. The lowest BCUT2D eigenvalue weighted by Crippen LogP contribution is -2.21. The molecule has 1 aromatic heterocycles. The second kappa shape index (κ2) is 8.53. The summed E-state index contributed by atoms with van der Waals surface area (Å²) in [6, 6.07) is 7.33. The Balaban J connectivity index is 1.77. The van der Waals surface area contributed by atoms with Crippen molar-refractivity contribution >= 4 is 17.6 Å². The number of aromatic nitrogens is 1. The van der Waals surface area contributed by atoms with Crippen LogP contribution in [-0.4, -0.2) is 22.6 Å². The Kier molecular flexibility index (Phi) is 6.11. The Bertz CT molecular complexity index is 887. The van der Waals surface area contributed by atoms with Gasteiger partial charge in [0.25, 0.3) is 5.09 Å². The number of nitrogens with zero attached hydrogens (tertiary/aromatic N) is 2. The summed E-state index contributed by atoms with van der Waals surface area (Å²) in [6.07, 6.45) is 1.58. The third-order valence-electron chi connectivity index (χ3n) is 4.55. The van der Waals surface area contributed by atoms with Crippen LogP contribution in [0.15, 0.2) is 30.5 Å². The molecule has 9 heteroatoms. The van der Waals surface area contributed by atoms with Gasteiger partial charge in [0, 0.05) is 22.3 Å². The van der Waals surface area contributed by atoms with Crippen LogP contribution in [0.2, 0.25) is 5.02 Å². The van der Waals surface area contributed by atoms with Crippen LogP contribution in [0.25, 0.3) is 0 Å². The van der Waals surface area contributed by atoms with E-state index in [-0.39, 0.29) is 25.7 Å². The molecule has 28 heavy (non-hydrogen) atoms. The fraction of sp³-hybridized carbons (Fsp3) is 0.368. The first-order chi connectivity index (χ1) is 13.4. The van der Waals surface area contributed by atoms with E-state index in [0.717, 1.165) is 16.7 Å². The summed E-state index contributed by atoms with van der Waals surface area (Å²) in [7, 11) is 0. The van der Waals surface area contributed by atoms with E-state index in [4.69, 9.17) is 21.1 Å². The van der Waals surface area contributed by atoms with Crippen molar-refractivity contribution in [3.8, 4) is 5.75 Å². The molecule has 8 nitrogen and oxygen atoms in total. The van der Waals surface area contributed by atoms with E-state index in [2.05, 4.69) is 9.82 Å². The van der Waals surface area contributed by atoms with Crippen LogP contribution >= 0.6 is 11.6 Å². The third kappa shape index (κ3) is 4.40. The number of halogens is 1. The lowest BCUT2D eigenvalue weighted by atomic mass is 10.00. The van der Waals surface area contributed by atoms with Crippen molar-refractivity contribution < 1.29 is 24.2 Å². The summed E-state index contributed by atoms with van der Waals surface area (Å²) in [4.78, 5) is 31.2. The second-order valence-electron chi connectivity index (χ2n) is 6.52. The highest BCUT2D eigenvalue weighted by atomic mass is 35.5. The summed E-state index contributed by atoms with van der Waals surface area (Å²) < 4.78 is 11.5. The van der Waals surface area contributed by atoms with Crippen molar-refractivity contribution in [3.63, 3.8) is 0 Å². The Labute approximate surface area is 166 Å². The van der Waals surface area contributed by atoms with E-state index in [0.29, 0.717) is 16.5 Å². The highest BCUT2D eigenvalue weighted by molar-refractivity contribution is 6.30. The number of rotatable bonds is 7. The third-order valence-corrected chi connectivity index (χ3v) is 4.80. The zero-order chi connectivity index (χ0) is 20.3. The average Bonchev–Trinajstić information content (AvgIpc) is 3.08. The van der Waals surface area contributed by atoms with Gasteiger partial charge in [-0.3, -0.25) is 9.78 Å². The number of fused-ring (bicyclic) bond motifs is 1. The van der Waals surface area contributed by atoms with Crippen molar-refractivity contribution in [2.45, 2.75) is 33.0 Å². The van der Waals surface area contributed by atoms with Crippen molar-refractivity contribution in [2.24, 2.45) is 5.92 Å². The lowest BCUT2D eigenvalue weighted by molar-refractivity contribution is -0.758. The number of esters is 1. The maximum atomic E-state index is 12.4. The van der Waals surface area contributed by atoms with Crippen LogP contribution in [0.5, 0.6) is 5.75 Å². The number of carbonyl (C=O) groups excluding carboxylic acids is 1. The first-order valence-corrected chi connectivity index (χ1v) is 9.09. The molecule has 0 bridgehead atoms. The molecule has 0 N–H and O–H groups in total. The van der Waals surface area contributed by atoms with Gasteiger partial charge in [0.05, 0.1) is 24.8 Å². The van der Waals surface area contributed by atoms with Crippen molar-refractivity contribution in [1.82, 2.24) is 4.98 Å². The van der Waals surface area contributed by atoms with E-state index < -0.39 is 17.0 Å². The van der Waals surface area contributed by atoms with Crippen LogP contribution in [-0.2, 0) is 21.0 Å². The van der Waals surface area contributed by atoms with E-state index in [1.54, 1.807) is 32.2 Å². The van der Waals surface area contributed by atoms with Crippen molar-refractivity contribution in [1.29, 1.82) is 0 Å². The summed E-state index contributed by atoms with van der Waals surface area (Å²) in [5.74, 6) is -0.689. The largest absolute Gasteiger partial charge is 0.424 e. The minimum atomic E-state index is -0.884. The lowest BCUT2D eigenvalue weighted by Gasteiger charge is -2.15. The predicted octanol–water partition coefficient (Wildman–Crippen LogP) is 3.80. The molecule has 1 aromatic carbocycles. The van der Waals surface area contributed by atoms with Gasteiger partial charge in [0.15, 0.2) is 5.75 Å². The number of pyridine rings is 1. The van der Waals surface area contributed by atoms with Gasteiger partial charge in [-0.15, -0.1) is 10.1 Å². The molecule has 0 aliphatic carbocycles. The number of ether oxygens (including phenoxy) is 2. The monoisotopic (exact) mass is 406 g/mol. The number of hydrogen-bond donors (Lipinski definition) is 0. The number of aryl methyl sites for hydroxylation is 1. The Morgan fingerprint density at radius 1 is 1.43 bits per heavy atom. The first-order valence-electron chi connectivity index (χ1n) is 8.71. The van der Waals surface area contributed by atoms with E-state index in [9.17, 15) is 14.9 Å². The molecule has 2 aromatic rings. The quantitative estimate of drug-likeness (QED) is 0.391. The molecule has 1 aliphatic rings. The SMILES string of the molecule is Cc1ncc2c(c1OC(=O)C(C)CCO[N+](=O)[O-])COC2c1ccc(Cl)cc1. The highest BCUT2D eigenvalue weighted by Gasteiger charge is 2.30. The summed E-state index contributed by atoms with van der Waals surface area (Å²) in [5.41, 5.74) is 3.10. The molecule has 1 aliphatic heterocycles. The predicted molar refractivity (Wildman–Crippen MR) is 99.4 cm³/mol. The standard InChI is InChI=1S/C19H19ClN2O6/c1-11(7-8-27-22(24)25)19(23)28-17-12(2)21-9-15-16(17)10-26-18(15)13-3-5-14(20)6-4-13/h3-6,9,11,18H,7-8,10H2,1-2H3. The van der Waals surface area contributed by atoms with Gasteiger partial charge in [-0.2, -0.15) is 0 Å². The Morgan fingerprint density at radius 3 is 2.82 bits per heavy atom. The Hall–Kier alpha value is -2.71. The van der Waals surface area contributed by atoms with Gasteiger partial charge >= 0.3 is 5.97 Å². The molecule has 0 radical (unpaired) electrons. The average molecular weight is 407 g/mol. The summed E-state index contributed by atoms with van der Waals surface area (Å²) in [5, 5.41) is 9.97. The molecular formula is C19H19ClN2O6. The van der Waals surface area contributed by atoms with Gasteiger partial charge in [0.2, 0.25) is 0 Å². The minimum absolute atomic E-state index is 0.171. The molecule has 0 spiro atoms. The van der Waals surface area contributed by atoms with Crippen LogP contribution in [0.3, 0.4) is 0 Å². The normalized spacial score (nSPS) is 16.3. The molecule has 2 unspecified atom stereocenters. The molecule has 2 heterocycles. The fourth-order valence-electron chi connectivity index (χ4n) is 2.96. The van der Waals surface area contributed by atoms with Crippen LogP contribution < -0.4 is 4.74 Å². The molecule has 0 amide bonds. The minimum Gasteiger partial charge on any atom is -0.424 e.